The molecule has 0 amide bonds. The lowest BCUT2D eigenvalue weighted by Crippen LogP contribution is -2.44. The molecule has 1 aliphatic heterocycles. The maximum absolute atomic E-state index is 11.8. The van der Waals surface area contributed by atoms with Crippen LogP contribution in [0.3, 0.4) is 0 Å². The number of benzene rings is 2. The van der Waals surface area contributed by atoms with Gasteiger partial charge in [0.15, 0.2) is 0 Å². The minimum absolute atomic E-state index is 0.173. The van der Waals surface area contributed by atoms with Crippen LogP contribution in [0.25, 0.3) is 0 Å². The molecule has 25 heavy (non-hydrogen) atoms. The molecule has 0 aromatic heterocycles. The molecule has 0 aliphatic carbocycles. The third-order valence-corrected chi connectivity index (χ3v) is 3.99. The Hall–Kier alpha value is -2.57. The molecule has 1 aliphatic rings. The molecule has 0 saturated carbocycles. The Morgan fingerprint density at radius 1 is 1.16 bits per heavy atom. The predicted octanol–water partition coefficient (Wildman–Crippen LogP) is 3.84. The summed E-state index contributed by atoms with van der Waals surface area (Å²) in [6.45, 7) is 4.12. The van der Waals surface area contributed by atoms with Crippen molar-refractivity contribution in [3.05, 3.63) is 59.1 Å². The molecule has 7 heteroatoms. The zero-order valence-corrected chi connectivity index (χ0v) is 15.0. The molecule has 0 atom stereocenters. The maximum Gasteiger partial charge on any atom is 0.337 e. The first-order chi connectivity index (χ1) is 12.0. The van der Waals surface area contributed by atoms with Crippen molar-refractivity contribution in [3.63, 3.8) is 0 Å². The number of nitrogens with one attached hydrogen (secondary N) is 1. The van der Waals surface area contributed by atoms with E-state index in [1.807, 2.05) is 41.4 Å². The summed E-state index contributed by atoms with van der Waals surface area (Å²) < 4.78 is 4.80. The average Bonchev–Trinajstić information content (AvgIpc) is 3.07. The molecular weight excluding hydrogens is 340 g/mol. The minimum Gasteiger partial charge on any atom is -0.465 e. The van der Waals surface area contributed by atoms with Crippen LogP contribution in [0.5, 0.6) is 0 Å². The van der Waals surface area contributed by atoms with E-state index in [1.54, 1.807) is 17.3 Å². The summed E-state index contributed by atoms with van der Waals surface area (Å²) in [5.74, 6) is 0.627. The van der Waals surface area contributed by atoms with Crippen LogP contribution in [0.15, 0.2) is 53.6 Å². The summed E-state index contributed by atoms with van der Waals surface area (Å²) in [4.78, 5) is 11.8. The highest BCUT2D eigenvalue weighted by molar-refractivity contribution is 6.30. The number of halogens is 1. The quantitative estimate of drug-likeness (QED) is 0.841. The van der Waals surface area contributed by atoms with Crippen molar-refractivity contribution in [1.82, 2.24) is 5.53 Å². The lowest BCUT2D eigenvalue weighted by atomic mass is 10.1. The van der Waals surface area contributed by atoms with Gasteiger partial charge in [-0.25, -0.2) is 9.80 Å². The van der Waals surface area contributed by atoms with Crippen molar-refractivity contribution in [2.75, 3.05) is 17.2 Å². The Labute approximate surface area is 151 Å². The fourth-order valence-electron chi connectivity index (χ4n) is 2.47. The molecule has 1 heterocycles. The Morgan fingerprint density at radius 3 is 2.52 bits per heavy atom. The van der Waals surface area contributed by atoms with Crippen molar-refractivity contribution in [2.24, 2.45) is 11.0 Å². The Kier molecular flexibility index (Phi) is 4.92. The van der Waals surface area contributed by atoms with Gasteiger partial charge < -0.3 is 4.74 Å². The van der Waals surface area contributed by atoms with Gasteiger partial charge in [0.1, 0.15) is 5.84 Å². The van der Waals surface area contributed by atoms with Crippen LogP contribution in [0.2, 0.25) is 5.02 Å². The molecular formula is C18H19ClN4O2. The first kappa shape index (κ1) is 17.3. The molecule has 130 valence electrons. The average molecular weight is 359 g/mol. The maximum atomic E-state index is 11.8. The molecule has 2 aromatic rings. The highest BCUT2D eigenvalue weighted by Crippen LogP contribution is 2.25. The fourth-order valence-corrected chi connectivity index (χ4v) is 2.59. The molecule has 1 N–H and O–H groups in total. The summed E-state index contributed by atoms with van der Waals surface area (Å²) in [7, 11) is 1.37. The summed E-state index contributed by atoms with van der Waals surface area (Å²) in [5, 5.41) is 8.84. The second kappa shape index (κ2) is 7.13. The first-order valence-electron chi connectivity index (χ1n) is 7.88. The van der Waals surface area contributed by atoms with Crippen LogP contribution in [-0.2, 0) is 4.74 Å². The zero-order chi connectivity index (χ0) is 18.0. The monoisotopic (exact) mass is 358 g/mol. The number of hydrazine groups is 2. The van der Waals surface area contributed by atoms with E-state index in [4.69, 9.17) is 16.3 Å². The van der Waals surface area contributed by atoms with Gasteiger partial charge >= 0.3 is 5.97 Å². The number of carbonyl (C=O) groups excluding carboxylic acids is 1. The fraction of sp³-hybridized carbons (Fsp3) is 0.222. The van der Waals surface area contributed by atoms with Gasteiger partial charge in [-0.05, 0) is 42.5 Å². The number of hydrogen-bond donors (Lipinski definition) is 1. The van der Waals surface area contributed by atoms with Gasteiger partial charge in [-0.1, -0.05) is 31.5 Å². The standard InChI is InChI=1S/C18H19ClN4O2/c1-12(2)17-20-23(15-9-7-14(19)8-10-15)21-22(17)16-6-4-5-13(11-16)18(24)25-3/h4-12,21H,1-3H3. The summed E-state index contributed by atoms with van der Waals surface area (Å²) in [5.41, 5.74) is 5.36. The molecule has 2 aromatic carbocycles. The van der Waals surface area contributed by atoms with Gasteiger partial charge in [0.25, 0.3) is 0 Å². The summed E-state index contributed by atoms with van der Waals surface area (Å²) >= 11 is 5.95. The number of ether oxygens (including phenoxy) is 1. The lowest BCUT2D eigenvalue weighted by Gasteiger charge is -2.23. The Balaban J connectivity index is 1.93. The number of esters is 1. The van der Waals surface area contributed by atoms with E-state index in [-0.39, 0.29) is 11.9 Å². The van der Waals surface area contributed by atoms with E-state index in [0.29, 0.717) is 10.6 Å². The Bertz CT molecular complexity index is 805. The molecule has 3 rings (SSSR count). The van der Waals surface area contributed by atoms with Crippen LogP contribution >= 0.6 is 11.6 Å². The van der Waals surface area contributed by atoms with Gasteiger partial charge in [-0.15, -0.1) is 10.6 Å². The first-order valence-corrected chi connectivity index (χ1v) is 8.26. The van der Waals surface area contributed by atoms with E-state index < -0.39 is 0 Å². The molecule has 0 radical (unpaired) electrons. The van der Waals surface area contributed by atoms with Crippen molar-refractivity contribution in [3.8, 4) is 0 Å². The van der Waals surface area contributed by atoms with Gasteiger partial charge in [0.05, 0.1) is 24.0 Å². The van der Waals surface area contributed by atoms with Crippen LogP contribution in [0.4, 0.5) is 11.4 Å². The van der Waals surface area contributed by atoms with Crippen LogP contribution in [0.1, 0.15) is 24.2 Å². The normalized spacial score (nSPS) is 14.0. The van der Waals surface area contributed by atoms with Gasteiger partial charge in [-0.3, -0.25) is 0 Å². The molecule has 0 saturated heterocycles. The highest BCUT2D eigenvalue weighted by atomic mass is 35.5. The van der Waals surface area contributed by atoms with Gasteiger partial charge in [0, 0.05) is 10.9 Å². The third kappa shape index (κ3) is 3.60. The van der Waals surface area contributed by atoms with Crippen molar-refractivity contribution in [2.45, 2.75) is 13.8 Å². The lowest BCUT2D eigenvalue weighted by molar-refractivity contribution is 0.0601. The zero-order valence-electron chi connectivity index (χ0n) is 14.2. The minimum atomic E-state index is -0.376. The largest absolute Gasteiger partial charge is 0.465 e. The van der Waals surface area contributed by atoms with Gasteiger partial charge in [-0.2, -0.15) is 5.12 Å². The molecule has 0 fully saturated rings. The highest BCUT2D eigenvalue weighted by Gasteiger charge is 2.27. The summed E-state index contributed by atoms with van der Waals surface area (Å²) in [6.07, 6.45) is 0. The number of amidine groups is 1. The van der Waals surface area contributed by atoms with Crippen molar-refractivity contribution < 1.29 is 9.53 Å². The number of methoxy groups -OCH3 is 1. The van der Waals surface area contributed by atoms with Crippen LogP contribution < -0.4 is 15.7 Å². The molecule has 0 unspecified atom stereocenters. The second-order valence-corrected chi connectivity index (χ2v) is 6.31. The van der Waals surface area contributed by atoms with E-state index >= 15 is 0 Å². The molecule has 0 spiro atoms. The topological polar surface area (TPSA) is 57.2 Å². The number of nitrogens with zero attached hydrogens (tertiary/aromatic N) is 3. The van der Waals surface area contributed by atoms with Crippen molar-refractivity contribution in [1.29, 1.82) is 0 Å². The second-order valence-electron chi connectivity index (χ2n) is 5.88. The number of hydrogen-bond acceptors (Lipinski definition) is 6. The third-order valence-electron chi connectivity index (χ3n) is 3.74. The number of carbonyl (C=O) groups is 1. The van der Waals surface area contributed by atoms with Crippen LogP contribution in [0, 0.1) is 5.92 Å². The van der Waals surface area contributed by atoms with Gasteiger partial charge in [0.2, 0.25) is 0 Å². The molecule has 0 bridgehead atoms. The van der Waals surface area contributed by atoms with E-state index in [2.05, 4.69) is 24.5 Å². The number of hydrazone groups is 1. The Morgan fingerprint density at radius 2 is 1.88 bits per heavy atom. The number of anilines is 2. The number of rotatable bonds is 4. The van der Waals surface area contributed by atoms with Crippen LogP contribution in [-0.4, -0.2) is 18.9 Å². The predicted molar refractivity (Wildman–Crippen MR) is 99.6 cm³/mol. The SMILES string of the molecule is COC(=O)c1cccc(N2NN(c3ccc(Cl)cc3)N=C2C(C)C)c1. The van der Waals surface area contributed by atoms with E-state index in [1.165, 1.54) is 7.11 Å². The smallest absolute Gasteiger partial charge is 0.337 e. The van der Waals surface area contributed by atoms with E-state index in [0.717, 1.165) is 17.2 Å². The molecule has 6 nitrogen and oxygen atoms in total. The van der Waals surface area contributed by atoms with E-state index in [9.17, 15) is 4.79 Å². The summed E-state index contributed by atoms with van der Waals surface area (Å²) in [6, 6.07) is 14.6. The van der Waals surface area contributed by atoms with Crippen molar-refractivity contribution >= 4 is 34.8 Å².